The van der Waals surface area contributed by atoms with E-state index in [0.717, 1.165) is 67.6 Å². The molecule has 0 radical (unpaired) electrons. The quantitative estimate of drug-likeness (QED) is 0.841. The van der Waals surface area contributed by atoms with Crippen LogP contribution in [-0.2, 0) is 23.1 Å². The van der Waals surface area contributed by atoms with Gasteiger partial charge in [0.15, 0.2) is 0 Å². The molecule has 1 aromatic carbocycles. The zero-order valence-electron chi connectivity index (χ0n) is 16.2. The molecule has 2 N–H and O–H groups in total. The molecule has 6 nitrogen and oxygen atoms in total. The number of aliphatic imine (C=N–C) groups is 2. The molecule has 0 unspecified atom stereocenters. The number of nitrogens with zero attached hydrogens (tertiary/aromatic N) is 4. The molecule has 28 heavy (non-hydrogen) atoms. The molecule has 0 bridgehead atoms. The lowest BCUT2D eigenvalue weighted by molar-refractivity contribution is -0.120. The van der Waals surface area contributed by atoms with Crippen LogP contribution in [0, 0.1) is 6.92 Å². The summed E-state index contributed by atoms with van der Waals surface area (Å²) in [6.07, 6.45) is 8.85. The molecule has 144 valence electrons. The van der Waals surface area contributed by atoms with Gasteiger partial charge in [0.2, 0.25) is 11.9 Å². The topological polar surface area (TPSA) is 93.6 Å². The van der Waals surface area contributed by atoms with E-state index < -0.39 is 5.41 Å². The minimum atomic E-state index is -0.464. The normalized spacial score (nSPS) is 19.0. The molecule has 2 aliphatic rings. The van der Waals surface area contributed by atoms with Gasteiger partial charge in [0.1, 0.15) is 0 Å². The molecule has 0 spiro atoms. The number of aromatic nitrogens is 2. The van der Waals surface area contributed by atoms with Crippen molar-refractivity contribution in [1.82, 2.24) is 9.97 Å². The van der Waals surface area contributed by atoms with E-state index in [-0.39, 0.29) is 5.91 Å². The summed E-state index contributed by atoms with van der Waals surface area (Å²) in [5, 5.41) is 0. The van der Waals surface area contributed by atoms with Gasteiger partial charge < -0.3 is 5.73 Å². The van der Waals surface area contributed by atoms with Crippen molar-refractivity contribution in [3.63, 3.8) is 0 Å². The smallest absolute Gasteiger partial charge is 0.249 e. The molecule has 1 aliphatic heterocycles. The van der Waals surface area contributed by atoms with Gasteiger partial charge in [-0.3, -0.25) is 9.79 Å². The van der Waals surface area contributed by atoms with Crippen LogP contribution in [0.4, 0.5) is 5.95 Å². The number of carbonyl (C=O) groups is 1. The number of carbonyl (C=O) groups excluding carboxylic acids is 1. The monoisotopic (exact) mass is 375 g/mol. The predicted molar refractivity (Wildman–Crippen MR) is 110 cm³/mol. The molecule has 1 aliphatic carbocycles. The fourth-order valence-electron chi connectivity index (χ4n) is 3.80. The van der Waals surface area contributed by atoms with Crippen molar-refractivity contribution >= 4 is 23.8 Å². The maximum absolute atomic E-state index is 12.0. The highest BCUT2D eigenvalue weighted by Gasteiger charge is 2.50. The molecule has 0 saturated heterocycles. The first kappa shape index (κ1) is 18.5. The van der Waals surface area contributed by atoms with Crippen LogP contribution in [0.3, 0.4) is 0 Å². The van der Waals surface area contributed by atoms with Crippen molar-refractivity contribution in [2.45, 2.75) is 50.9 Å². The van der Waals surface area contributed by atoms with Crippen LogP contribution in [0.25, 0.3) is 0 Å². The number of benzene rings is 1. The standard InChI is InChI=1S/C22H25N5O/c1-15-13-25-21(26-17-6-4-12-24-14-17)27-19(15)9-8-16-5-2-3-7-18(16)22(10-11-22)20(23)28/h2-3,5,7,13-14H,4,6,8-12H2,1H3,(H2,23,28). The van der Waals surface area contributed by atoms with E-state index in [1.807, 2.05) is 37.5 Å². The van der Waals surface area contributed by atoms with Crippen LogP contribution in [-0.4, -0.2) is 34.3 Å². The largest absolute Gasteiger partial charge is 0.369 e. The molecule has 0 atom stereocenters. The van der Waals surface area contributed by atoms with E-state index in [9.17, 15) is 4.79 Å². The minimum Gasteiger partial charge on any atom is -0.369 e. The summed E-state index contributed by atoms with van der Waals surface area (Å²) >= 11 is 0. The Hall–Kier alpha value is -2.89. The van der Waals surface area contributed by atoms with Gasteiger partial charge in [-0.1, -0.05) is 24.3 Å². The Morgan fingerprint density at radius 2 is 2.07 bits per heavy atom. The van der Waals surface area contributed by atoms with E-state index >= 15 is 0 Å². The average Bonchev–Trinajstić information content (AvgIpc) is 3.51. The van der Waals surface area contributed by atoms with E-state index in [4.69, 9.17) is 5.73 Å². The third-order valence-corrected chi connectivity index (χ3v) is 5.65. The summed E-state index contributed by atoms with van der Waals surface area (Å²) in [7, 11) is 0. The van der Waals surface area contributed by atoms with Crippen molar-refractivity contribution in [3.8, 4) is 0 Å². The second-order valence-corrected chi connectivity index (χ2v) is 7.65. The molecule has 2 aromatic rings. The number of nitrogens with two attached hydrogens (primary N) is 1. The summed E-state index contributed by atoms with van der Waals surface area (Å²) in [6.45, 7) is 2.89. The Bertz CT molecular complexity index is 959. The van der Waals surface area contributed by atoms with Gasteiger partial charge in [-0.2, -0.15) is 0 Å². The van der Waals surface area contributed by atoms with Crippen molar-refractivity contribution in [3.05, 3.63) is 52.8 Å². The van der Waals surface area contributed by atoms with Crippen molar-refractivity contribution < 1.29 is 4.79 Å². The van der Waals surface area contributed by atoms with Crippen LogP contribution in [0.1, 0.15) is 48.1 Å². The highest BCUT2D eigenvalue weighted by Crippen LogP contribution is 2.49. The van der Waals surface area contributed by atoms with Crippen LogP contribution in [0.5, 0.6) is 0 Å². The molecule has 1 amide bonds. The number of hydrogen-bond acceptors (Lipinski definition) is 5. The van der Waals surface area contributed by atoms with Crippen molar-refractivity contribution in [1.29, 1.82) is 0 Å². The zero-order valence-corrected chi connectivity index (χ0v) is 16.2. The average molecular weight is 375 g/mol. The molecular weight excluding hydrogens is 350 g/mol. The van der Waals surface area contributed by atoms with E-state index in [1.54, 1.807) is 0 Å². The van der Waals surface area contributed by atoms with Gasteiger partial charge in [0.05, 0.1) is 11.1 Å². The SMILES string of the molecule is Cc1cnc(N=C2C=NCCC2)nc1CCc1ccccc1C1(C(N)=O)CC1. The number of hydrogen-bond donors (Lipinski definition) is 1. The predicted octanol–water partition coefficient (Wildman–Crippen LogP) is 3.02. The Morgan fingerprint density at radius 3 is 2.79 bits per heavy atom. The molecule has 1 saturated carbocycles. The third-order valence-electron chi connectivity index (χ3n) is 5.65. The van der Waals surface area contributed by atoms with Gasteiger partial charge >= 0.3 is 0 Å². The van der Waals surface area contributed by atoms with E-state index in [1.165, 1.54) is 5.56 Å². The Morgan fingerprint density at radius 1 is 1.25 bits per heavy atom. The second-order valence-electron chi connectivity index (χ2n) is 7.65. The molecule has 4 rings (SSSR count). The molecule has 6 heteroatoms. The number of primary amides is 1. The van der Waals surface area contributed by atoms with E-state index in [0.29, 0.717) is 5.95 Å². The first-order chi connectivity index (χ1) is 13.6. The summed E-state index contributed by atoms with van der Waals surface area (Å²) in [5.74, 6) is 0.276. The van der Waals surface area contributed by atoms with Gasteiger partial charge in [-0.05, 0) is 62.1 Å². The van der Waals surface area contributed by atoms with Gasteiger partial charge in [0.25, 0.3) is 0 Å². The molecule has 2 heterocycles. The Labute approximate surface area is 165 Å². The van der Waals surface area contributed by atoms with E-state index in [2.05, 4.69) is 26.0 Å². The Balaban J connectivity index is 1.55. The lowest BCUT2D eigenvalue weighted by atomic mass is 9.88. The van der Waals surface area contributed by atoms with Crippen LogP contribution in [0.15, 0.2) is 40.4 Å². The minimum absolute atomic E-state index is 0.217. The summed E-state index contributed by atoms with van der Waals surface area (Å²) < 4.78 is 0. The van der Waals surface area contributed by atoms with Crippen molar-refractivity contribution in [2.24, 2.45) is 15.7 Å². The van der Waals surface area contributed by atoms with Gasteiger partial charge in [0, 0.05) is 24.7 Å². The lowest BCUT2D eigenvalue weighted by Crippen LogP contribution is -2.29. The third kappa shape index (κ3) is 3.72. The highest BCUT2D eigenvalue weighted by molar-refractivity contribution is 6.31. The maximum Gasteiger partial charge on any atom is 0.249 e. The van der Waals surface area contributed by atoms with Crippen molar-refractivity contribution in [2.75, 3.05) is 6.54 Å². The zero-order chi connectivity index (χ0) is 19.6. The second kappa shape index (κ2) is 7.62. The van der Waals surface area contributed by atoms with Gasteiger partial charge in [-0.25, -0.2) is 15.0 Å². The first-order valence-electron chi connectivity index (χ1n) is 9.87. The molecular formula is C22H25N5O. The van der Waals surface area contributed by atoms with Crippen LogP contribution >= 0.6 is 0 Å². The molecule has 1 fully saturated rings. The number of amides is 1. The van der Waals surface area contributed by atoms with Gasteiger partial charge in [-0.15, -0.1) is 0 Å². The highest BCUT2D eigenvalue weighted by atomic mass is 16.1. The maximum atomic E-state index is 12.0. The Kier molecular flexibility index (Phi) is 5.03. The molecule has 1 aromatic heterocycles. The first-order valence-corrected chi connectivity index (χ1v) is 9.87. The fourth-order valence-corrected chi connectivity index (χ4v) is 3.80. The number of rotatable bonds is 6. The fraction of sp³-hybridized carbons (Fsp3) is 0.409. The number of aryl methyl sites for hydroxylation is 3. The van der Waals surface area contributed by atoms with Crippen LogP contribution < -0.4 is 5.73 Å². The summed E-state index contributed by atoms with van der Waals surface area (Å²) in [5.41, 5.74) is 10.4. The van der Waals surface area contributed by atoms with Crippen LogP contribution in [0.2, 0.25) is 0 Å². The summed E-state index contributed by atoms with van der Waals surface area (Å²) in [6, 6.07) is 8.13. The lowest BCUT2D eigenvalue weighted by Gasteiger charge is -2.16. The summed E-state index contributed by atoms with van der Waals surface area (Å²) in [4.78, 5) is 29.8.